The molecule has 3 aliphatic rings. The highest BCUT2D eigenvalue weighted by Crippen LogP contribution is 2.53. The Labute approximate surface area is 480 Å². The average Bonchev–Trinajstić information content (AvgIpc) is 3.84. The molecule has 0 unspecified atom stereocenters. The summed E-state index contributed by atoms with van der Waals surface area (Å²) in [6.07, 6.45) is 2.27. The number of furan rings is 1. The standard InChI is InChI=1S/C76H76BN3O/c1-45-36-49(73(6,7)8)37-46(2)70(45)80-65-44-63-57(56-38-48(72(3,4)5)30-33-62(56)78(63)51-22-17-16-18-23-51)41-60(65)77-61-42-58-59(76(14,15)35-34-75(58,12)13)43-64(61)79(66-39-50(74(9,10)11)40-67(80)69(66)77)52-31-28-47(29-32-52)53-25-21-26-55-54-24-19-20-27-68(54)81-71(53)55/h16-33,36-44H,34-35H2,1-15H3. The maximum atomic E-state index is 6.65. The maximum Gasteiger partial charge on any atom is 0.252 e. The van der Waals surface area contributed by atoms with Crippen molar-refractivity contribution in [1.82, 2.24) is 4.57 Å². The van der Waals surface area contributed by atoms with E-state index >= 15 is 0 Å². The number of nitrogens with zero attached hydrogens (tertiary/aromatic N) is 3. The fourth-order valence-corrected chi connectivity index (χ4v) is 14.3. The van der Waals surface area contributed by atoms with Crippen LogP contribution in [-0.4, -0.2) is 11.3 Å². The van der Waals surface area contributed by atoms with Crippen molar-refractivity contribution in [1.29, 1.82) is 0 Å². The molecule has 81 heavy (non-hydrogen) atoms. The molecule has 0 atom stereocenters. The average molecular weight is 1060 g/mol. The lowest BCUT2D eigenvalue weighted by atomic mass is 9.33. The monoisotopic (exact) mass is 1060 g/mol. The number of hydrogen-bond donors (Lipinski definition) is 0. The molecule has 14 rings (SSSR count). The highest BCUT2D eigenvalue weighted by atomic mass is 16.3. The van der Waals surface area contributed by atoms with Crippen LogP contribution < -0.4 is 26.2 Å². The van der Waals surface area contributed by atoms with Crippen molar-refractivity contribution in [2.75, 3.05) is 9.80 Å². The van der Waals surface area contributed by atoms with Crippen molar-refractivity contribution in [2.45, 2.75) is 144 Å². The zero-order valence-electron chi connectivity index (χ0n) is 50.3. The Kier molecular flexibility index (Phi) is 11.0. The van der Waals surface area contributed by atoms with Gasteiger partial charge in [0, 0.05) is 61.2 Å². The van der Waals surface area contributed by atoms with Gasteiger partial charge in [-0.1, -0.05) is 187 Å². The summed E-state index contributed by atoms with van der Waals surface area (Å²) >= 11 is 0. The number of aromatic nitrogens is 1. The molecule has 4 heterocycles. The largest absolute Gasteiger partial charge is 0.455 e. The second kappa shape index (κ2) is 17.4. The van der Waals surface area contributed by atoms with Gasteiger partial charge in [0.1, 0.15) is 11.2 Å². The highest BCUT2D eigenvalue weighted by Gasteiger charge is 2.48. The molecule has 0 saturated carbocycles. The van der Waals surface area contributed by atoms with Gasteiger partial charge in [0.15, 0.2) is 0 Å². The molecule has 1 aliphatic carbocycles. The van der Waals surface area contributed by atoms with Crippen LogP contribution in [0.4, 0.5) is 34.1 Å². The lowest BCUT2D eigenvalue weighted by Crippen LogP contribution is -2.62. The van der Waals surface area contributed by atoms with Gasteiger partial charge in [0.2, 0.25) is 0 Å². The lowest BCUT2D eigenvalue weighted by Gasteiger charge is -2.48. The van der Waals surface area contributed by atoms with Crippen LogP contribution in [-0.2, 0) is 27.1 Å². The minimum Gasteiger partial charge on any atom is -0.455 e. The normalized spacial score (nSPS) is 15.6. The van der Waals surface area contributed by atoms with Crippen LogP contribution in [0.2, 0.25) is 0 Å². The molecular formula is C76H76BN3O. The second-order valence-electron chi connectivity index (χ2n) is 28.6. The number of aryl methyl sites for hydroxylation is 2. The Hall–Kier alpha value is -7.76. The van der Waals surface area contributed by atoms with E-state index in [-0.39, 0.29) is 33.8 Å². The molecule has 0 fully saturated rings. The van der Waals surface area contributed by atoms with Gasteiger partial charge >= 0.3 is 0 Å². The van der Waals surface area contributed by atoms with Gasteiger partial charge in [-0.3, -0.25) is 0 Å². The summed E-state index contributed by atoms with van der Waals surface area (Å²) in [5.74, 6) is 0. The predicted octanol–water partition coefficient (Wildman–Crippen LogP) is 19.3. The van der Waals surface area contributed by atoms with Gasteiger partial charge in [-0.15, -0.1) is 0 Å². The summed E-state index contributed by atoms with van der Waals surface area (Å²) in [5, 5.41) is 4.86. The van der Waals surface area contributed by atoms with Crippen LogP contribution >= 0.6 is 0 Å². The molecule has 2 aliphatic heterocycles. The van der Waals surface area contributed by atoms with Crippen molar-refractivity contribution >= 4 is 101 Å². The Morgan fingerprint density at radius 1 is 0.444 bits per heavy atom. The molecule has 4 nitrogen and oxygen atoms in total. The van der Waals surface area contributed by atoms with Crippen LogP contribution in [0.3, 0.4) is 0 Å². The molecule has 11 aromatic rings. The van der Waals surface area contributed by atoms with E-state index in [2.05, 4.69) is 282 Å². The Morgan fingerprint density at radius 2 is 1.01 bits per heavy atom. The topological polar surface area (TPSA) is 24.6 Å². The van der Waals surface area contributed by atoms with Crippen LogP contribution in [0.1, 0.15) is 142 Å². The Morgan fingerprint density at radius 3 is 1.68 bits per heavy atom. The zero-order chi connectivity index (χ0) is 56.6. The number of para-hydroxylation sites is 3. The van der Waals surface area contributed by atoms with Crippen molar-refractivity contribution in [2.24, 2.45) is 0 Å². The first-order chi connectivity index (χ1) is 38.4. The van der Waals surface area contributed by atoms with Crippen LogP contribution in [0.25, 0.3) is 60.6 Å². The summed E-state index contributed by atoms with van der Waals surface area (Å²) < 4.78 is 9.18. The van der Waals surface area contributed by atoms with Crippen molar-refractivity contribution in [3.05, 3.63) is 203 Å². The fraction of sp³-hybridized carbons (Fsp3) is 0.289. The molecule has 404 valence electrons. The first kappa shape index (κ1) is 51.4. The van der Waals surface area contributed by atoms with E-state index in [9.17, 15) is 0 Å². The third-order valence-corrected chi connectivity index (χ3v) is 19.1. The first-order valence-electron chi connectivity index (χ1n) is 29.7. The molecule has 0 radical (unpaired) electrons. The molecule has 0 N–H and O–H groups in total. The molecule has 0 spiro atoms. The molecule has 9 aromatic carbocycles. The number of fused-ring (bicyclic) bond motifs is 11. The minimum absolute atomic E-state index is 0.00773. The molecular weight excluding hydrogens is 982 g/mol. The summed E-state index contributed by atoms with van der Waals surface area (Å²) in [6, 6.07) is 63.2. The third kappa shape index (κ3) is 7.84. The van der Waals surface area contributed by atoms with Crippen LogP contribution in [0, 0.1) is 13.8 Å². The van der Waals surface area contributed by atoms with E-state index < -0.39 is 0 Å². The minimum atomic E-state index is -0.176. The summed E-state index contributed by atoms with van der Waals surface area (Å²) in [6.45, 7) is 35.8. The summed E-state index contributed by atoms with van der Waals surface area (Å²) in [7, 11) is 0. The number of hydrogen-bond acceptors (Lipinski definition) is 3. The van der Waals surface area contributed by atoms with E-state index in [4.69, 9.17) is 4.42 Å². The highest BCUT2D eigenvalue weighted by molar-refractivity contribution is 7.00. The molecule has 0 saturated heterocycles. The van der Waals surface area contributed by atoms with Crippen LogP contribution in [0.15, 0.2) is 168 Å². The van der Waals surface area contributed by atoms with Gasteiger partial charge < -0.3 is 18.8 Å². The predicted molar refractivity (Wildman–Crippen MR) is 348 cm³/mol. The lowest BCUT2D eigenvalue weighted by molar-refractivity contribution is 0.332. The van der Waals surface area contributed by atoms with Gasteiger partial charge in [0.05, 0.1) is 16.7 Å². The van der Waals surface area contributed by atoms with Crippen molar-refractivity contribution < 1.29 is 4.42 Å². The van der Waals surface area contributed by atoms with Gasteiger partial charge in [0.25, 0.3) is 6.71 Å². The zero-order valence-corrected chi connectivity index (χ0v) is 50.3. The first-order valence-corrected chi connectivity index (χ1v) is 29.7. The number of anilines is 6. The molecule has 0 bridgehead atoms. The molecule has 0 amide bonds. The maximum absolute atomic E-state index is 6.65. The fourth-order valence-electron chi connectivity index (χ4n) is 14.3. The quantitative estimate of drug-likeness (QED) is 0.164. The van der Waals surface area contributed by atoms with E-state index in [0.29, 0.717) is 0 Å². The van der Waals surface area contributed by atoms with E-state index in [1.54, 1.807) is 0 Å². The summed E-state index contributed by atoms with van der Waals surface area (Å²) in [5.41, 5.74) is 28.4. The van der Waals surface area contributed by atoms with Gasteiger partial charge in [-0.2, -0.15) is 0 Å². The van der Waals surface area contributed by atoms with Crippen molar-refractivity contribution in [3.63, 3.8) is 0 Å². The Bertz CT molecular complexity index is 4410. The Balaban J connectivity index is 1.11. The van der Waals surface area contributed by atoms with Gasteiger partial charge in [-0.25, -0.2) is 0 Å². The molecule has 5 heteroatoms. The van der Waals surface area contributed by atoms with Gasteiger partial charge in [-0.05, 0) is 181 Å². The number of rotatable bonds is 4. The van der Waals surface area contributed by atoms with E-state index in [1.807, 2.05) is 0 Å². The van der Waals surface area contributed by atoms with E-state index in [1.165, 1.54) is 111 Å². The second-order valence-corrected chi connectivity index (χ2v) is 28.6. The SMILES string of the molecule is Cc1cc(C(C)(C)C)cc(C)c1N1c2cc3c(cc2B2c4cc5c(cc4N(c4ccc(-c6cccc7c6oc6ccccc67)cc4)c4cc(C(C)(C)C)cc1c42)C(C)(C)CCC5(C)C)c1cc(C(C)(C)C)ccc1n3-c1ccccc1. The van der Waals surface area contributed by atoms with Crippen molar-refractivity contribution in [3.8, 4) is 16.8 Å². The van der Waals surface area contributed by atoms with E-state index in [0.717, 1.165) is 51.6 Å². The van der Waals surface area contributed by atoms with Crippen LogP contribution in [0.5, 0.6) is 0 Å². The summed E-state index contributed by atoms with van der Waals surface area (Å²) in [4.78, 5) is 5.36. The third-order valence-electron chi connectivity index (χ3n) is 19.1. The molecule has 2 aromatic heterocycles. The number of benzene rings is 9. The smallest absolute Gasteiger partial charge is 0.252 e.